The minimum atomic E-state index is 0.957. The third-order valence-electron chi connectivity index (χ3n) is 11.2. The Morgan fingerprint density at radius 2 is 0.900 bits per heavy atom. The van der Waals surface area contributed by atoms with Crippen LogP contribution < -0.4 is 10.0 Å². The Bertz CT molecular complexity index is 3170. The highest BCUT2D eigenvalue weighted by Crippen LogP contribution is 2.37. The van der Waals surface area contributed by atoms with Gasteiger partial charge in [0.25, 0.3) is 0 Å². The fraction of sp³-hybridized carbons (Fsp3) is 0. The highest BCUT2D eigenvalue weighted by molar-refractivity contribution is 6.17. The lowest BCUT2D eigenvalue weighted by Crippen LogP contribution is -2.09. The molecule has 10 aromatic rings. The third kappa shape index (κ3) is 6.86. The first kappa shape index (κ1) is 36.3. The summed E-state index contributed by atoms with van der Waals surface area (Å²) in [5, 5.41) is 23.7. The first-order valence-corrected chi connectivity index (χ1v) is 20.2. The zero-order valence-electron chi connectivity index (χ0n) is 32.9. The molecule has 0 N–H and O–H groups in total. The molecule has 0 atom stereocenters. The van der Waals surface area contributed by atoms with E-state index in [4.69, 9.17) is 10.2 Å². The quantitative estimate of drug-likeness (QED) is 0.0600. The molecule has 0 fully saturated rings. The molecule has 0 aliphatic carbocycles. The molecule has 0 unspecified atom stereocenters. The number of benzene rings is 10. The van der Waals surface area contributed by atoms with Crippen LogP contribution in [0.15, 0.2) is 229 Å². The fourth-order valence-corrected chi connectivity index (χ4v) is 8.26. The van der Waals surface area contributed by atoms with Crippen molar-refractivity contribution >= 4 is 84.3 Å². The molecule has 0 bridgehead atoms. The van der Waals surface area contributed by atoms with E-state index in [9.17, 15) is 0 Å². The van der Waals surface area contributed by atoms with Crippen molar-refractivity contribution in [1.82, 2.24) is 0 Å². The maximum atomic E-state index is 5.16. The summed E-state index contributed by atoms with van der Waals surface area (Å²) in [6, 6.07) is 74.2. The van der Waals surface area contributed by atoms with Gasteiger partial charge in [-0.05, 0) is 114 Å². The molecule has 4 nitrogen and oxygen atoms in total. The number of hydrazone groups is 2. The Hall–Kier alpha value is -8.08. The molecule has 0 spiro atoms. The van der Waals surface area contributed by atoms with E-state index in [-0.39, 0.29) is 0 Å². The highest BCUT2D eigenvalue weighted by Gasteiger charge is 2.15. The van der Waals surface area contributed by atoms with Crippen molar-refractivity contribution in [3.05, 3.63) is 236 Å². The number of nitrogens with zero attached hydrogens (tertiary/aromatic N) is 4. The van der Waals surface area contributed by atoms with Crippen molar-refractivity contribution in [2.75, 3.05) is 10.0 Å². The van der Waals surface area contributed by atoms with E-state index >= 15 is 0 Å². The lowest BCUT2D eigenvalue weighted by Gasteiger charge is -2.20. The largest absolute Gasteiger partial charge is 0.234 e. The maximum Gasteiger partial charge on any atom is 0.0653 e. The summed E-state index contributed by atoms with van der Waals surface area (Å²) in [6.45, 7) is 4.12. The molecule has 0 aliphatic heterocycles. The lowest BCUT2D eigenvalue weighted by atomic mass is 9.92. The van der Waals surface area contributed by atoms with Gasteiger partial charge in [-0.25, -0.2) is 10.0 Å². The second kappa shape index (κ2) is 16.0. The van der Waals surface area contributed by atoms with Gasteiger partial charge >= 0.3 is 0 Å². The van der Waals surface area contributed by atoms with E-state index in [1.807, 2.05) is 83.1 Å². The van der Waals surface area contributed by atoms with Crippen LogP contribution in [0.4, 0.5) is 22.7 Å². The SMILES string of the molecule is C=Cc1ccc(/C=N/N(c2ccccc2)c2ccc(-c3cccc4c(/C=N/N(c5ccccc5)c5ccccc5)c5ccccc5cc34)cc2)c2ccc3ccccc3c12. The number of fused-ring (bicyclic) bond motifs is 5. The number of anilines is 4. The van der Waals surface area contributed by atoms with E-state index < -0.39 is 0 Å². The molecule has 60 heavy (non-hydrogen) atoms. The van der Waals surface area contributed by atoms with Gasteiger partial charge in [0.1, 0.15) is 0 Å². The molecule has 284 valence electrons. The van der Waals surface area contributed by atoms with Crippen LogP contribution in [-0.2, 0) is 0 Å². The zero-order chi connectivity index (χ0) is 40.3. The predicted molar refractivity (Wildman–Crippen MR) is 257 cm³/mol. The van der Waals surface area contributed by atoms with E-state index in [0.717, 1.165) is 77.5 Å². The Labute approximate surface area is 349 Å². The zero-order valence-corrected chi connectivity index (χ0v) is 32.9. The second-order valence-corrected chi connectivity index (χ2v) is 14.7. The van der Waals surface area contributed by atoms with Crippen LogP contribution in [0.1, 0.15) is 16.7 Å². The summed E-state index contributed by atoms with van der Waals surface area (Å²) in [4.78, 5) is 0. The van der Waals surface area contributed by atoms with Crippen molar-refractivity contribution < 1.29 is 0 Å². The minimum absolute atomic E-state index is 0.957. The van der Waals surface area contributed by atoms with Gasteiger partial charge in [-0.2, -0.15) is 10.2 Å². The summed E-state index contributed by atoms with van der Waals surface area (Å²) in [5.41, 5.74) is 9.40. The van der Waals surface area contributed by atoms with Crippen LogP contribution >= 0.6 is 0 Å². The number of hydrogen-bond donors (Lipinski definition) is 0. The molecule has 10 aromatic carbocycles. The van der Waals surface area contributed by atoms with Gasteiger partial charge in [-0.3, -0.25) is 0 Å². The van der Waals surface area contributed by atoms with Crippen molar-refractivity contribution in [2.45, 2.75) is 0 Å². The standard InChI is InChI=1S/C56H40N4/c1-2-40-29-30-44(52-36-33-41-17-12-15-26-51(41)56(40)52)38-57-60(47-23-10-5-11-24-47)48-34-31-42(32-35-48)49-27-16-28-53-54(49)37-43-18-13-14-25-50(43)55(53)39-58-59(45-19-6-3-7-20-45)46-21-8-4-9-22-46/h2-39H,1H2/b57-38+,58-39+. The summed E-state index contributed by atoms with van der Waals surface area (Å²) >= 11 is 0. The van der Waals surface area contributed by atoms with Crippen LogP contribution in [0.5, 0.6) is 0 Å². The average molecular weight is 769 g/mol. The van der Waals surface area contributed by atoms with E-state index in [1.54, 1.807) is 0 Å². The summed E-state index contributed by atoms with van der Waals surface area (Å²) in [5.74, 6) is 0. The van der Waals surface area contributed by atoms with E-state index in [2.05, 4.69) is 164 Å². The molecule has 0 amide bonds. The molecule has 0 radical (unpaired) electrons. The first-order valence-electron chi connectivity index (χ1n) is 20.2. The van der Waals surface area contributed by atoms with Crippen molar-refractivity contribution in [3.63, 3.8) is 0 Å². The van der Waals surface area contributed by atoms with Crippen LogP contribution in [0.3, 0.4) is 0 Å². The average Bonchev–Trinajstić information content (AvgIpc) is 3.32. The van der Waals surface area contributed by atoms with Crippen LogP contribution in [0, 0.1) is 0 Å². The Balaban J connectivity index is 1.05. The molecular formula is C56H40N4. The van der Waals surface area contributed by atoms with Gasteiger partial charge in [0.2, 0.25) is 0 Å². The highest BCUT2D eigenvalue weighted by atomic mass is 15.5. The Kier molecular flexibility index (Phi) is 9.70. The van der Waals surface area contributed by atoms with Crippen molar-refractivity contribution in [2.24, 2.45) is 10.2 Å². The van der Waals surface area contributed by atoms with Crippen molar-refractivity contribution in [1.29, 1.82) is 0 Å². The molecule has 4 heteroatoms. The first-order chi connectivity index (χ1) is 29.7. The van der Waals surface area contributed by atoms with E-state index in [1.165, 1.54) is 16.2 Å². The van der Waals surface area contributed by atoms with Crippen LogP contribution in [-0.4, -0.2) is 12.4 Å². The van der Waals surface area contributed by atoms with Gasteiger partial charge < -0.3 is 0 Å². The van der Waals surface area contributed by atoms with Crippen molar-refractivity contribution in [3.8, 4) is 11.1 Å². The third-order valence-corrected chi connectivity index (χ3v) is 11.2. The van der Waals surface area contributed by atoms with Gasteiger partial charge in [-0.1, -0.05) is 170 Å². The molecule has 10 rings (SSSR count). The maximum absolute atomic E-state index is 5.16. The summed E-state index contributed by atoms with van der Waals surface area (Å²) in [6.07, 6.45) is 5.93. The van der Waals surface area contributed by atoms with Crippen LogP contribution in [0.25, 0.3) is 60.3 Å². The van der Waals surface area contributed by atoms with Gasteiger partial charge in [-0.15, -0.1) is 0 Å². The van der Waals surface area contributed by atoms with Gasteiger partial charge in [0.15, 0.2) is 0 Å². The van der Waals surface area contributed by atoms with Crippen LogP contribution in [0.2, 0.25) is 0 Å². The van der Waals surface area contributed by atoms with E-state index in [0.29, 0.717) is 0 Å². The lowest BCUT2D eigenvalue weighted by molar-refractivity contribution is 1.09. The number of para-hydroxylation sites is 3. The number of hydrogen-bond acceptors (Lipinski definition) is 4. The normalized spacial score (nSPS) is 11.6. The summed E-state index contributed by atoms with van der Waals surface area (Å²) < 4.78 is 0. The number of rotatable bonds is 10. The van der Waals surface area contributed by atoms with Gasteiger partial charge in [0.05, 0.1) is 35.2 Å². The molecule has 0 saturated carbocycles. The molecule has 0 heterocycles. The minimum Gasteiger partial charge on any atom is -0.234 e. The Morgan fingerprint density at radius 1 is 0.367 bits per heavy atom. The Morgan fingerprint density at radius 3 is 1.55 bits per heavy atom. The monoisotopic (exact) mass is 768 g/mol. The molecule has 0 aromatic heterocycles. The molecule has 0 aliphatic rings. The van der Waals surface area contributed by atoms with Gasteiger partial charge in [0, 0.05) is 11.1 Å². The molecule has 0 saturated heterocycles. The fourth-order valence-electron chi connectivity index (χ4n) is 8.26. The summed E-state index contributed by atoms with van der Waals surface area (Å²) in [7, 11) is 0. The predicted octanol–water partition coefficient (Wildman–Crippen LogP) is 15.0. The topological polar surface area (TPSA) is 31.2 Å². The smallest absolute Gasteiger partial charge is 0.0653 e. The molecular weight excluding hydrogens is 729 g/mol. The second-order valence-electron chi connectivity index (χ2n) is 14.7.